The number of pyridine rings is 1. The standard InChI is InChI=1S/C26H24N8O3/c1-15(10-18(28)12-27)31-25-19(16(2)35)6-8-23(32-25)34-14-30-20-7-5-17(11-21(20)34)22-13-29-26(37-22)33-9-3-4-24(33)36/h5-8,10-11,13-14,16,35H,3-4,9,28H2,1-2H3/b18-10-,31-15+. The summed E-state index contributed by atoms with van der Waals surface area (Å²) in [6, 6.07) is 11.3. The van der Waals surface area contributed by atoms with Crippen molar-refractivity contribution in [1.82, 2.24) is 19.5 Å². The number of amides is 1. The molecule has 1 aliphatic rings. The fourth-order valence-electron chi connectivity index (χ4n) is 4.17. The fourth-order valence-corrected chi connectivity index (χ4v) is 4.17. The van der Waals surface area contributed by atoms with Gasteiger partial charge in [0.15, 0.2) is 11.6 Å². The molecule has 1 unspecified atom stereocenters. The molecule has 0 radical (unpaired) electrons. The molecule has 0 saturated carbocycles. The van der Waals surface area contributed by atoms with E-state index in [-0.39, 0.29) is 11.6 Å². The van der Waals surface area contributed by atoms with Crippen molar-refractivity contribution in [2.24, 2.45) is 10.7 Å². The number of aliphatic hydroxyl groups excluding tert-OH is 1. The number of anilines is 1. The fraction of sp³-hybridized carbons (Fsp3) is 0.231. The van der Waals surface area contributed by atoms with E-state index in [1.54, 1.807) is 48.0 Å². The first kappa shape index (κ1) is 23.9. The number of aromatic nitrogens is 4. The lowest BCUT2D eigenvalue weighted by Gasteiger charge is -2.11. The van der Waals surface area contributed by atoms with E-state index in [4.69, 9.17) is 15.4 Å². The Morgan fingerprint density at radius 1 is 1.32 bits per heavy atom. The van der Waals surface area contributed by atoms with Crippen LogP contribution in [0.2, 0.25) is 0 Å². The van der Waals surface area contributed by atoms with Gasteiger partial charge in [-0.05, 0) is 56.7 Å². The molecule has 4 aromatic rings. The highest BCUT2D eigenvalue weighted by Gasteiger charge is 2.26. The number of nitriles is 1. The molecule has 11 nitrogen and oxygen atoms in total. The number of hydrogen-bond donors (Lipinski definition) is 2. The van der Waals surface area contributed by atoms with E-state index in [1.807, 2.05) is 24.3 Å². The molecule has 5 rings (SSSR count). The van der Waals surface area contributed by atoms with Gasteiger partial charge < -0.3 is 15.3 Å². The van der Waals surface area contributed by atoms with Crippen LogP contribution < -0.4 is 10.6 Å². The summed E-state index contributed by atoms with van der Waals surface area (Å²) in [5.41, 5.74) is 8.91. The molecule has 0 aliphatic carbocycles. The average molecular weight is 497 g/mol. The van der Waals surface area contributed by atoms with Gasteiger partial charge in [0.2, 0.25) is 5.91 Å². The van der Waals surface area contributed by atoms with Gasteiger partial charge in [-0.15, -0.1) is 0 Å². The molecule has 1 aromatic carbocycles. The number of aliphatic hydroxyl groups is 1. The number of aliphatic imine (C=N–C) groups is 1. The van der Waals surface area contributed by atoms with Gasteiger partial charge in [-0.2, -0.15) is 5.26 Å². The van der Waals surface area contributed by atoms with Gasteiger partial charge >= 0.3 is 6.01 Å². The van der Waals surface area contributed by atoms with E-state index in [0.29, 0.717) is 47.7 Å². The lowest BCUT2D eigenvalue weighted by atomic mass is 10.1. The number of carbonyl (C=O) groups excluding carboxylic acids is 1. The first-order chi connectivity index (χ1) is 17.8. The van der Waals surface area contributed by atoms with Gasteiger partial charge in [-0.1, -0.05) is 0 Å². The van der Waals surface area contributed by atoms with Crippen molar-refractivity contribution in [3.63, 3.8) is 0 Å². The third-order valence-corrected chi connectivity index (χ3v) is 5.99. The molecule has 3 aromatic heterocycles. The molecule has 1 aliphatic heterocycles. The van der Waals surface area contributed by atoms with Crippen LogP contribution in [-0.2, 0) is 4.79 Å². The Labute approximate surface area is 212 Å². The zero-order valence-electron chi connectivity index (χ0n) is 20.3. The van der Waals surface area contributed by atoms with Gasteiger partial charge in [-0.3, -0.25) is 14.3 Å². The number of rotatable bonds is 6. The van der Waals surface area contributed by atoms with E-state index in [0.717, 1.165) is 23.0 Å². The van der Waals surface area contributed by atoms with Crippen molar-refractivity contribution >= 4 is 34.5 Å². The summed E-state index contributed by atoms with van der Waals surface area (Å²) in [4.78, 5) is 31.5. The molecular weight excluding hydrogens is 472 g/mol. The minimum absolute atomic E-state index is 0.00754. The normalized spacial score (nSPS) is 15.4. The maximum atomic E-state index is 12.0. The number of nitrogens with two attached hydrogens (primary N) is 1. The average Bonchev–Trinajstić information content (AvgIpc) is 3.62. The smallest absolute Gasteiger partial charge is 0.304 e. The quantitative estimate of drug-likeness (QED) is 0.302. The molecule has 1 fully saturated rings. The number of oxazole rings is 1. The van der Waals surface area contributed by atoms with Crippen molar-refractivity contribution in [3.05, 3.63) is 60.2 Å². The number of hydrogen-bond acceptors (Lipinski definition) is 9. The monoisotopic (exact) mass is 496 g/mol. The zero-order valence-corrected chi connectivity index (χ0v) is 20.3. The van der Waals surface area contributed by atoms with Gasteiger partial charge in [0.05, 0.1) is 23.3 Å². The molecule has 37 heavy (non-hydrogen) atoms. The lowest BCUT2D eigenvalue weighted by molar-refractivity contribution is -0.117. The van der Waals surface area contributed by atoms with Crippen LogP contribution in [0.5, 0.6) is 0 Å². The van der Waals surface area contributed by atoms with Gasteiger partial charge in [0, 0.05) is 29.8 Å². The Bertz CT molecular complexity index is 1610. The van der Waals surface area contributed by atoms with E-state index < -0.39 is 6.10 Å². The van der Waals surface area contributed by atoms with E-state index in [9.17, 15) is 9.90 Å². The molecule has 1 amide bonds. The second kappa shape index (κ2) is 9.67. The SMILES string of the molecule is CC(/C=C(\N)C#N)=N\c1nc(-n2cnc3ccc(-c4cnc(N5CCCC5=O)o4)cc32)ccc1C(C)O. The summed E-state index contributed by atoms with van der Waals surface area (Å²) in [5.74, 6) is 1.38. The highest BCUT2D eigenvalue weighted by Crippen LogP contribution is 2.31. The van der Waals surface area contributed by atoms with Crippen molar-refractivity contribution in [2.75, 3.05) is 11.4 Å². The highest BCUT2D eigenvalue weighted by atomic mass is 16.4. The Morgan fingerprint density at radius 3 is 2.89 bits per heavy atom. The van der Waals surface area contributed by atoms with E-state index in [1.165, 1.54) is 6.08 Å². The molecular formula is C26H24N8O3. The summed E-state index contributed by atoms with van der Waals surface area (Å²) >= 11 is 0. The summed E-state index contributed by atoms with van der Waals surface area (Å²) < 4.78 is 7.71. The van der Waals surface area contributed by atoms with Crippen LogP contribution in [0.25, 0.3) is 28.2 Å². The van der Waals surface area contributed by atoms with Gasteiger partial charge in [-0.25, -0.2) is 19.9 Å². The molecule has 1 saturated heterocycles. The number of nitrogens with zero attached hydrogens (tertiary/aromatic N) is 7. The predicted molar refractivity (Wildman–Crippen MR) is 137 cm³/mol. The van der Waals surface area contributed by atoms with E-state index in [2.05, 4.69) is 19.9 Å². The summed E-state index contributed by atoms with van der Waals surface area (Å²) in [7, 11) is 0. The number of benzene rings is 1. The van der Waals surface area contributed by atoms with Crippen molar-refractivity contribution < 1.29 is 14.3 Å². The number of carbonyl (C=O) groups is 1. The summed E-state index contributed by atoms with van der Waals surface area (Å²) in [6.07, 6.45) is 5.18. The summed E-state index contributed by atoms with van der Waals surface area (Å²) in [6.45, 7) is 3.93. The first-order valence-corrected chi connectivity index (χ1v) is 11.7. The lowest BCUT2D eigenvalue weighted by Crippen LogP contribution is -2.23. The molecule has 0 spiro atoms. The van der Waals surface area contributed by atoms with Gasteiger partial charge in [0.1, 0.15) is 23.9 Å². The van der Waals surface area contributed by atoms with Crippen LogP contribution in [0.3, 0.4) is 0 Å². The maximum Gasteiger partial charge on any atom is 0.304 e. The molecule has 4 heterocycles. The molecule has 11 heteroatoms. The topological polar surface area (TPSA) is 159 Å². The second-order valence-electron chi connectivity index (χ2n) is 8.70. The molecule has 3 N–H and O–H groups in total. The Hall–Kier alpha value is -4.82. The number of fused-ring (bicyclic) bond motifs is 1. The van der Waals surface area contributed by atoms with Crippen molar-refractivity contribution in [1.29, 1.82) is 5.26 Å². The third-order valence-electron chi connectivity index (χ3n) is 5.99. The Kier molecular flexibility index (Phi) is 6.25. The van der Waals surface area contributed by atoms with Crippen molar-refractivity contribution in [3.8, 4) is 23.2 Å². The Balaban J connectivity index is 1.54. The van der Waals surface area contributed by atoms with Gasteiger partial charge in [0.25, 0.3) is 0 Å². The van der Waals surface area contributed by atoms with Crippen LogP contribution >= 0.6 is 0 Å². The van der Waals surface area contributed by atoms with Crippen LogP contribution in [0.1, 0.15) is 38.4 Å². The zero-order chi connectivity index (χ0) is 26.1. The predicted octanol–water partition coefficient (Wildman–Crippen LogP) is 3.71. The minimum Gasteiger partial charge on any atom is -0.423 e. The highest BCUT2D eigenvalue weighted by molar-refractivity contribution is 5.95. The molecule has 1 atom stereocenters. The largest absolute Gasteiger partial charge is 0.423 e. The first-order valence-electron chi connectivity index (χ1n) is 11.7. The van der Waals surface area contributed by atoms with E-state index >= 15 is 0 Å². The van der Waals surface area contributed by atoms with Crippen LogP contribution in [-0.4, -0.2) is 42.8 Å². The third kappa shape index (κ3) is 4.70. The number of allylic oxidation sites excluding steroid dienone is 2. The van der Waals surface area contributed by atoms with Crippen molar-refractivity contribution in [2.45, 2.75) is 32.8 Å². The number of imidazole rings is 1. The minimum atomic E-state index is -0.806. The molecule has 0 bridgehead atoms. The Morgan fingerprint density at radius 2 is 2.16 bits per heavy atom. The summed E-state index contributed by atoms with van der Waals surface area (Å²) in [5, 5.41) is 19.2. The molecule has 186 valence electrons. The van der Waals surface area contributed by atoms with Crippen LogP contribution in [0.15, 0.2) is 64.0 Å². The van der Waals surface area contributed by atoms with Crippen LogP contribution in [0.4, 0.5) is 11.8 Å². The van der Waals surface area contributed by atoms with Crippen LogP contribution in [0, 0.1) is 11.3 Å². The second-order valence-corrected chi connectivity index (χ2v) is 8.70. The maximum absolute atomic E-state index is 12.0.